The number of hydrogen-bond acceptors (Lipinski definition) is 4. The first-order chi connectivity index (χ1) is 12.5. The minimum atomic E-state index is -0.705. The van der Waals surface area contributed by atoms with Crippen LogP contribution in [0, 0.1) is 18.6 Å². The number of rotatable bonds is 5. The highest BCUT2D eigenvalue weighted by Gasteiger charge is 2.23. The number of fused-ring (bicyclic) bond motifs is 1. The first-order valence-corrected chi connectivity index (χ1v) is 8.48. The van der Waals surface area contributed by atoms with Gasteiger partial charge >= 0.3 is 5.97 Å². The zero-order valence-electron chi connectivity index (χ0n) is 14.8. The smallest absolute Gasteiger partial charge is 0.357 e. The van der Waals surface area contributed by atoms with Crippen molar-refractivity contribution in [3.8, 4) is 11.1 Å². The molecule has 26 heavy (non-hydrogen) atoms. The van der Waals surface area contributed by atoms with Gasteiger partial charge < -0.3 is 4.74 Å². The van der Waals surface area contributed by atoms with Gasteiger partial charge in [0.25, 0.3) is 0 Å². The molecular weight excluding hydrogens is 340 g/mol. The molecule has 3 rings (SSSR count). The monoisotopic (exact) mass is 359 g/mol. The molecule has 0 bridgehead atoms. The van der Waals surface area contributed by atoms with E-state index in [-0.39, 0.29) is 29.1 Å². The number of nitrogens with zero attached hydrogens (tertiary/aromatic N) is 3. The van der Waals surface area contributed by atoms with Crippen LogP contribution in [0.5, 0.6) is 0 Å². The summed E-state index contributed by atoms with van der Waals surface area (Å²) in [6.45, 7) is 5.56. The highest BCUT2D eigenvalue weighted by molar-refractivity contribution is 5.89. The molecule has 0 saturated carbocycles. The van der Waals surface area contributed by atoms with Gasteiger partial charge in [0, 0.05) is 5.69 Å². The Morgan fingerprint density at radius 2 is 1.88 bits per heavy atom. The number of ether oxygens (including phenoxy) is 1. The fraction of sp³-hybridized carbons (Fsp3) is 0.316. The van der Waals surface area contributed by atoms with Crippen molar-refractivity contribution in [1.29, 1.82) is 0 Å². The van der Waals surface area contributed by atoms with Crippen molar-refractivity contribution < 1.29 is 18.3 Å². The van der Waals surface area contributed by atoms with E-state index in [1.54, 1.807) is 24.4 Å². The van der Waals surface area contributed by atoms with Gasteiger partial charge in [-0.1, -0.05) is 19.4 Å². The van der Waals surface area contributed by atoms with E-state index in [1.807, 2.05) is 6.92 Å². The standard InChI is InChI=1S/C19H19F2N3O2/c1-4-7-12-10-15(19(25)26-5-2)22-18-16(11(3)23-24(12)18)17-13(20)8-6-9-14(17)21/h6,8-10H,4-5,7H2,1-3H3. The maximum Gasteiger partial charge on any atom is 0.357 e. The van der Waals surface area contributed by atoms with Crippen molar-refractivity contribution >= 4 is 11.6 Å². The first kappa shape index (κ1) is 18.0. The lowest BCUT2D eigenvalue weighted by molar-refractivity contribution is 0.0519. The normalized spacial score (nSPS) is 11.1. The second-order valence-electron chi connectivity index (χ2n) is 5.90. The molecule has 1 aromatic carbocycles. The molecule has 0 saturated heterocycles. The van der Waals surface area contributed by atoms with E-state index < -0.39 is 17.6 Å². The lowest BCUT2D eigenvalue weighted by atomic mass is 10.0. The Kier molecular flexibility index (Phi) is 4.97. The molecule has 0 amide bonds. The number of carbonyl (C=O) groups is 1. The van der Waals surface area contributed by atoms with E-state index >= 15 is 0 Å². The summed E-state index contributed by atoms with van der Waals surface area (Å²) < 4.78 is 35.3. The van der Waals surface area contributed by atoms with E-state index in [0.717, 1.165) is 12.1 Å². The average Bonchev–Trinajstić information content (AvgIpc) is 2.92. The summed E-state index contributed by atoms with van der Waals surface area (Å²) in [5.41, 5.74) is 1.53. The van der Waals surface area contributed by atoms with Gasteiger partial charge in [0.05, 0.1) is 23.4 Å². The molecule has 136 valence electrons. The summed E-state index contributed by atoms with van der Waals surface area (Å²) in [4.78, 5) is 16.5. The number of halogens is 2. The third-order valence-corrected chi connectivity index (χ3v) is 4.04. The maximum absolute atomic E-state index is 14.4. The molecule has 0 aliphatic heterocycles. The van der Waals surface area contributed by atoms with Crippen molar-refractivity contribution in [1.82, 2.24) is 14.6 Å². The van der Waals surface area contributed by atoms with Crippen LogP contribution >= 0.6 is 0 Å². The topological polar surface area (TPSA) is 56.5 Å². The van der Waals surface area contributed by atoms with Gasteiger partial charge in [-0.25, -0.2) is 23.1 Å². The van der Waals surface area contributed by atoms with Gasteiger partial charge in [-0.2, -0.15) is 5.10 Å². The Bertz CT molecular complexity index is 962. The van der Waals surface area contributed by atoms with Crippen LogP contribution < -0.4 is 0 Å². The molecular formula is C19H19F2N3O2. The minimum absolute atomic E-state index is 0.0979. The molecule has 5 nitrogen and oxygen atoms in total. The highest BCUT2D eigenvalue weighted by atomic mass is 19.1. The van der Waals surface area contributed by atoms with Crippen LogP contribution in [0.25, 0.3) is 16.8 Å². The minimum Gasteiger partial charge on any atom is -0.461 e. The van der Waals surface area contributed by atoms with Gasteiger partial charge in [-0.15, -0.1) is 0 Å². The van der Waals surface area contributed by atoms with Crippen molar-refractivity contribution in [2.45, 2.75) is 33.6 Å². The molecule has 0 N–H and O–H groups in total. The molecule has 0 aliphatic rings. The Morgan fingerprint density at radius 3 is 2.50 bits per heavy atom. The van der Waals surface area contributed by atoms with Crippen LogP contribution in [-0.4, -0.2) is 27.2 Å². The number of hydrogen-bond donors (Lipinski definition) is 0. The van der Waals surface area contributed by atoms with Crippen molar-refractivity contribution in [2.75, 3.05) is 6.61 Å². The zero-order chi connectivity index (χ0) is 18.8. The number of carbonyl (C=O) groups excluding carboxylic acids is 1. The molecule has 2 aromatic heterocycles. The average molecular weight is 359 g/mol. The number of aryl methyl sites for hydroxylation is 2. The summed E-state index contributed by atoms with van der Waals surface area (Å²) in [6.07, 6.45) is 1.44. The summed E-state index contributed by atoms with van der Waals surface area (Å²) >= 11 is 0. The fourth-order valence-electron chi connectivity index (χ4n) is 2.96. The Morgan fingerprint density at radius 1 is 1.19 bits per heavy atom. The maximum atomic E-state index is 14.4. The van der Waals surface area contributed by atoms with Crippen molar-refractivity contribution in [3.05, 3.63) is 53.0 Å². The SMILES string of the molecule is CCCc1cc(C(=O)OCC)nc2c(-c3c(F)cccc3F)c(C)nn12. The number of benzene rings is 1. The molecule has 2 heterocycles. The van der Waals surface area contributed by atoms with Crippen molar-refractivity contribution in [3.63, 3.8) is 0 Å². The van der Waals surface area contributed by atoms with Gasteiger partial charge in [0.1, 0.15) is 11.6 Å². The summed E-state index contributed by atoms with van der Waals surface area (Å²) in [6, 6.07) is 5.28. The quantitative estimate of drug-likeness (QED) is 0.643. The van der Waals surface area contributed by atoms with Crippen molar-refractivity contribution in [2.24, 2.45) is 0 Å². The predicted molar refractivity (Wildman–Crippen MR) is 93.0 cm³/mol. The van der Waals surface area contributed by atoms with Crippen LogP contribution in [0.1, 0.15) is 42.1 Å². The fourth-order valence-corrected chi connectivity index (χ4v) is 2.96. The Hall–Kier alpha value is -2.83. The molecule has 0 spiro atoms. The number of aromatic nitrogens is 3. The molecule has 0 unspecified atom stereocenters. The van der Waals surface area contributed by atoms with Crippen LogP contribution in [0.15, 0.2) is 24.3 Å². The van der Waals surface area contributed by atoms with Crippen LogP contribution in [0.4, 0.5) is 8.78 Å². The largest absolute Gasteiger partial charge is 0.461 e. The van der Waals surface area contributed by atoms with Crippen LogP contribution in [-0.2, 0) is 11.2 Å². The van der Waals surface area contributed by atoms with Gasteiger partial charge in [0.15, 0.2) is 11.3 Å². The molecule has 0 radical (unpaired) electrons. The lowest BCUT2D eigenvalue weighted by Gasteiger charge is -2.08. The van der Waals surface area contributed by atoms with E-state index in [1.165, 1.54) is 18.2 Å². The van der Waals surface area contributed by atoms with Gasteiger partial charge in [-0.3, -0.25) is 0 Å². The Balaban J connectivity index is 2.34. The summed E-state index contributed by atoms with van der Waals surface area (Å²) in [5, 5.41) is 4.41. The lowest BCUT2D eigenvalue weighted by Crippen LogP contribution is -2.11. The van der Waals surface area contributed by atoms with Gasteiger partial charge in [-0.05, 0) is 38.5 Å². The second kappa shape index (κ2) is 7.19. The third kappa shape index (κ3) is 3.05. The van der Waals surface area contributed by atoms with E-state index in [2.05, 4.69) is 10.1 Å². The molecule has 7 heteroatoms. The first-order valence-electron chi connectivity index (χ1n) is 8.48. The van der Waals surface area contributed by atoms with Gasteiger partial charge in [0.2, 0.25) is 0 Å². The predicted octanol–water partition coefficient (Wildman–Crippen LogP) is 4.11. The second-order valence-corrected chi connectivity index (χ2v) is 5.90. The number of esters is 1. The zero-order valence-corrected chi connectivity index (χ0v) is 14.8. The van der Waals surface area contributed by atoms with E-state index in [0.29, 0.717) is 12.1 Å². The summed E-state index contributed by atoms with van der Waals surface area (Å²) in [5.74, 6) is -1.99. The molecule has 0 fully saturated rings. The van der Waals surface area contributed by atoms with E-state index in [4.69, 9.17) is 4.74 Å². The molecule has 0 aliphatic carbocycles. The highest BCUT2D eigenvalue weighted by Crippen LogP contribution is 2.32. The van der Waals surface area contributed by atoms with E-state index in [9.17, 15) is 13.6 Å². The van der Waals surface area contributed by atoms with Crippen LogP contribution in [0.3, 0.4) is 0 Å². The molecule has 0 atom stereocenters. The summed E-state index contributed by atoms with van der Waals surface area (Å²) in [7, 11) is 0. The van der Waals surface area contributed by atoms with Crippen LogP contribution in [0.2, 0.25) is 0 Å². The Labute approximate surface area is 149 Å². The molecule has 3 aromatic rings. The third-order valence-electron chi connectivity index (χ3n) is 4.04.